The molecule has 5 aromatic carbocycles. The normalized spacial score (nSPS) is 12.3. The summed E-state index contributed by atoms with van der Waals surface area (Å²) in [5.74, 6) is 0.0215. The number of unbranched alkanes of at least 4 members (excludes halogenated alkanes) is 1. The lowest BCUT2D eigenvalue weighted by molar-refractivity contribution is 0.0950. The summed E-state index contributed by atoms with van der Waals surface area (Å²) in [6.45, 7) is 14.2. The zero-order valence-electron chi connectivity index (χ0n) is 32.1. The first-order valence-corrected chi connectivity index (χ1v) is 20.3. The van der Waals surface area contributed by atoms with Crippen LogP contribution in [0.2, 0.25) is 5.02 Å². The van der Waals surface area contributed by atoms with Crippen molar-refractivity contribution >= 4 is 55.4 Å². The molecule has 4 N–H and O–H groups in total. The van der Waals surface area contributed by atoms with Crippen LogP contribution in [0.5, 0.6) is 17.2 Å². The molecule has 0 fully saturated rings. The Morgan fingerprint density at radius 2 is 1.45 bits per heavy atom. The Kier molecular flexibility index (Phi) is 12.8. The molecule has 0 bridgehead atoms. The molecule has 0 unspecified atom stereocenters. The summed E-state index contributed by atoms with van der Waals surface area (Å²) >= 11 is 5.93. The molecular formula is C43H49ClN4O6S. The first-order valence-electron chi connectivity index (χ1n) is 18.4. The van der Waals surface area contributed by atoms with Crippen LogP contribution in [0.3, 0.4) is 0 Å². The molecule has 0 atom stereocenters. The maximum Gasteiger partial charge on any atom is 0.261 e. The van der Waals surface area contributed by atoms with Gasteiger partial charge in [-0.3, -0.25) is 9.52 Å². The Labute approximate surface area is 328 Å². The van der Waals surface area contributed by atoms with E-state index in [-0.39, 0.29) is 43.5 Å². The number of halogens is 1. The Morgan fingerprint density at radius 3 is 2.13 bits per heavy atom. The number of carbonyl (C=O) groups is 1. The van der Waals surface area contributed by atoms with Gasteiger partial charge in [0.25, 0.3) is 15.9 Å². The number of phenols is 2. The predicted octanol–water partition coefficient (Wildman–Crippen LogP) is 11.1. The summed E-state index contributed by atoms with van der Waals surface area (Å²) < 4.78 is 36.0. The van der Waals surface area contributed by atoms with Gasteiger partial charge in [0.05, 0.1) is 39.2 Å². The van der Waals surface area contributed by atoms with E-state index in [9.17, 15) is 23.4 Å². The molecule has 10 nitrogen and oxygen atoms in total. The Hall–Kier alpha value is -5.13. The van der Waals surface area contributed by atoms with Crippen LogP contribution in [0.25, 0.3) is 10.8 Å². The van der Waals surface area contributed by atoms with Crippen LogP contribution in [-0.4, -0.2) is 37.7 Å². The minimum Gasteiger partial charge on any atom is -0.506 e. The molecule has 290 valence electrons. The fourth-order valence-electron chi connectivity index (χ4n) is 5.89. The molecule has 12 heteroatoms. The highest BCUT2D eigenvalue weighted by Gasteiger charge is 2.27. The Balaban J connectivity index is 1.24. The number of nitrogens with one attached hydrogen (secondary N) is 2. The molecular weight excluding hydrogens is 736 g/mol. The van der Waals surface area contributed by atoms with Crippen molar-refractivity contribution in [3.63, 3.8) is 0 Å². The smallest absolute Gasteiger partial charge is 0.261 e. The van der Waals surface area contributed by atoms with Gasteiger partial charge in [0.15, 0.2) is 0 Å². The van der Waals surface area contributed by atoms with E-state index in [1.165, 1.54) is 59.7 Å². The van der Waals surface area contributed by atoms with Gasteiger partial charge in [0.1, 0.15) is 17.2 Å². The first-order chi connectivity index (χ1) is 26.1. The van der Waals surface area contributed by atoms with Gasteiger partial charge in [0.2, 0.25) is 0 Å². The van der Waals surface area contributed by atoms with Crippen LogP contribution in [0, 0.1) is 0 Å². The number of amides is 1. The second-order valence-corrected chi connectivity index (χ2v) is 16.9. The third-order valence-electron chi connectivity index (χ3n) is 10.2. The van der Waals surface area contributed by atoms with Crippen LogP contribution in [0.4, 0.5) is 17.1 Å². The molecule has 0 aliphatic rings. The van der Waals surface area contributed by atoms with E-state index >= 15 is 0 Å². The van der Waals surface area contributed by atoms with Crippen molar-refractivity contribution in [2.75, 3.05) is 17.9 Å². The summed E-state index contributed by atoms with van der Waals surface area (Å²) in [4.78, 5) is 13.3. The second-order valence-electron chi connectivity index (χ2n) is 14.8. The standard InChI is InChI=1S/C43H49ClN4O6S/c1-7-42(3,4)28-15-22-39(35(25-28)43(5,6)8-2)54-24-12-11-23-45-41(51)34-27-37(32-13-9-10-14-33(32)40(34)50)48-55(52,53)31-19-16-29(17-20-31)46-47-30-18-21-38(49)36(44)26-30/h9-10,13-22,25-27,48-50H,7-8,11-12,23-24H2,1-6H3,(H,45,51). The van der Waals surface area contributed by atoms with Crippen molar-refractivity contribution in [3.8, 4) is 17.2 Å². The van der Waals surface area contributed by atoms with E-state index in [0.717, 1.165) is 18.6 Å². The van der Waals surface area contributed by atoms with E-state index < -0.39 is 15.9 Å². The van der Waals surface area contributed by atoms with Crippen molar-refractivity contribution in [3.05, 3.63) is 113 Å². The number of sulfonamides is 1. The lowest BCUT2D eigenvalue weighted by Crippen LogP contribution is -2.25. The van der Waals surface area contributed by atoms with E-state index in [1.807, 2.05) is 0 Å². The topological polar surface area (TPSA) is 150 Å². The highest BCUT2D eigenvalue weighted by molar-refractivity contribution is 7.92. The van der Waals surface area contributed by atoms with E-state index in [2.05, 4.69) is 80.0 Å². The molecule has 1 amide bonds. The highest BCUT2D eigenvalue weighted by Crippen LogP contribution is 2.39. The van der Waals surface area contributed by atoms with Crippen LogP contribution < -0.4 is 14.8 Å². The number of benzene rings is 5. The largest absolute Gasteiger partial charge is 0.506 e. The molecule has 0 aliphatic heterocycles. The maximum atomic E-state index is 13.5. The van der Waals surface area contributed by atoms with Gasteiger partial charge in [-0.05, 0) is 96.7 Å². The molecule has 0 aliphatic carbocycles. The fourth-order valence-corrected chi connectivity index (χ4v) is 7.14. The third kappa shape index (κ3) is 9.76. The molecule has 0 heterocycles. The van der Waals surface area contributed by atoms with Gasteiger partial charge in [-0.25, -0.2) is 8.42 Å². The van der Waals surface area contributed by atoms with Crippen LogP contribution in [0.1, 0.15) is 88.7 Å². The molecule has 5 aromatic rings. The Bertz CT molecular complexity index is 2310. The second kappa shape index (κ2) is 17.1. The van der Waals surface area contributed by atoms with Crippen LogP contribution in [-0.2, 0) is 20.9 Å². The number of hydrogen-bond acceptors (Lipinski definition) is 8. The van der Waals surface area contributed by atoms with Crippen molar-refractivity contribution in [2.24, 2.45) is 10.2 Å². The molecule has 0 spiro atoms. The van der Waals surface area contributed by atoms with E-state index in [1.54, 1.807) is 24.3 Å². The minimum atomic E-state index is -4.12. The van der Waals surface area contributed by atoms with E-state index in [0.29, 0.717) is 48.1 Å². The Morgan fingerprint density at radius 1 is 0.800 bits per heavy atom. The monoisotopic (exact) mass is 784 g/mol. The zero-order chi connectivity index (χ0) is 40.0. The molecule has 0 saturated heterocycles. The van der Waals surface area contributed by atoms with Crippen LogP contribution >= 0.6 is 11.6 Å². The van der Waals surface area contributed by atoms with Crippen molar-refractivity contribution in [2.45, 2.75) is 83.0 Å². The molecule has 5 rings (SSSR count). The van der Waals surface area contributed by atoms with Gasteiger partial charge in [-0.15, -0.1) is 0 Å². The zero-order valence-corrected chi connectivity index (χ0v) is 33.7. The highest BCUT2D eigenvalue weighted by atomic mass is 35.5. The van der Waals surface area contributed by atoms with Crippen molar-refractivity contribution in [1.82, 2.24) is 5.32 Å². The van der Waals surface area contributed by atoms with Crippen molar-refractivity contribution < 1.29 is 28.2 Å². The molecule has 0 saturated carbocycles. The number of rotatable bonds is 16. The van der Waals surface area contributed by atoms with Crippen LogP contribution in [0.15, 0.2) is 106 Å². The summed E-state index contributed by atoms with van der Waals surface area (Å²) in [6, 6.07) is 24.7. The number of anilines is 1. The van der Waals surface area contributed by atoms with Gasteiger partial charge in [-0.2, -0.15) is 10.2 Å². The van der Waals surface area contributed by atoms with Gasteiger partial charge < -0.3 is 20.3 Å². The predicted molar refractivity (Wildman–Crippen MR) is 220 cm³/mol. The number of azo groups is 1. The number of aromatic hydroxyl groups is 2. The average Bonchev–Trinajstić information content (AvgIpc) is 3.17. The summed E-state index contributed by atoms with van der Waals surface area (Å²) in [7, 11) is -4.12. The molecule has 0 aromatic heterocycles. The number of carbonyl (C=O) groups excluding carboxylic acids is 1. The number of ether oxygens (including phenoxy) is 1. The third-order valence-corrected chi connectivity index (χ3v) is 11.9. The summed E-state index contributed by atoms with van der Waals surface area (Å²) in [5.41, 5.74) is 3.37. The quantitative estimate of drug-likeness (QED) is 0.0444. The number of nitrogens with zero attached hydrogens (tertiary/aromatic N) is 2. The minimum absolute atomic E-state index is 0.0457. The number of phenolic OH excluding ortho intramolecular Hbond substituents is 2. The van der Waals surface area contributed by atoms with E-state index in [4.69, 9.17) is 16.3 Å². The van der Waals surface area contributed by atoms with Gasteiger partial charge in [-0.1, -0.05) is 89.5 Å². The number of fused-ring (bicyclic) bond motifs is 1. The van der Waals surface area contributed by atoms with Gasteiger partial charge >= 0.3 is 0 Å². The lowest BCUT2D eigenvalue weighted by atomic mass is 9.76. The number of hydrogen-bond donors (Lipinski definition) is 4. The summed E-state index contributed by atoms with van der Waals surface area (Å²) in [5, 5.41) is 32.6. The average molecular weight is 785 g/mol. The summed E-state index contributed by atoms with van der Waals surface area (Å²) in [6.07, 6.45) is 3.32. The molecule has 55 heavy (non-hydrogen) atoms. The maximum absolute atomic E-state index is 13.5. The SMILES string of the molecule is CCC(C)(C)c1ccc(OCCCCNC(=O)c2cc(NS(=O)(=O)c3ccc(N=Nc4ccc(O)c(Cl)c4)cc3)c3ccccc3c2O)c(C(C)(C)CC)c1. The van der Waals surface area contributed by atoms with Crippen molar-refractivity contribution in [1.29, 1.82) is 0 Å². The van der Waals surface area contributed by atoms with Gasteiger partial charge in [0, 0.05) is 22.9 Å². The molecule has 0 radical (unpaired) electrons. The first kappa shape index (κ1) is 41.0. The fraction of sp³-hybridized carbons (Fsp3) is 0.326. The lowest BCUT2D eigenvalue weighted by Gasteiger charge is -2.30.